The molecule has 0 atom stereocenters. The monoisotopic (exact) mass is 228 g/mol. The summed E-state index contributed by atoms with van der Waals surface area (Å²) in [6.07, 6.45) is 3.49. The number of aryl methyl sites for hydroxylation is 1. The third-order valence-electron chi connectivity index (χ3n) is 2.71. The lowest BCUT2D eigenvalue weighted by atomic mass is 10.3. The summed E-state index contributed by atoms with van der Waals surface area (Å²) in [5, 5.41) is 3.18. The number of rotatable bonds is 2. The van der Waals surface area contributed by atoms with Gasteiger partial charge in [0.25, 0.3) is 5.78 Å². The zero-order valence-electron chi connectivity index (χ0n) is 9.38. The molecule has 17 heavy (non-hydrogen) atoms. The summed E-state index contributed by atoms with van der Waals surface area (Å²) in [4.78, 5) is 12.8. The molecule has 0 aliphatic carbocycles. The Morgan fingerprint density at radius 1 is 1.41 bits per heavy atom. The number of H-pyrrole nitrogens is 1. The molecule has 3 N–H and O–H groups in total. The van der Waals surface area contributed by atoms with Crippen molar-refractivity contribution in [3.8, 4) is 11.4 Å². The van der Waals surface area contributed by atoms with E-state index in [1.54, 1.807) is 12.4 Å². The van der Waals surface area contributed by atoms with Crippen molar-refractivity contribution in [2.75, 3.05) is 0 Å². The molecule has 0 aliphatic rings. The lowest BCUT2D eigenvalue weighted by molar-refractivity contribution is 0.859. The molecular weight excluding hydrogens is 216 g/mol. The molecule has 0 bridgehead atoms. The third-order valence-corrected chi connectivity index (χ3v) is 2.71. The Labute approximate surface area is 97.5 Å². The Morgan fingerprint density at radius 3 is 3.00 bits per heavy atom. The summed E-state index contributed by atoms with van der Waals surface area (Å²) in [6, 6.07) is 3.82. The molecule has 3 heterocycles. The summed E-state index contributed by atoms with van der Waals surface area (Å²) >= 11 is 0. The maximum atomic E-state index is 5.69. The van der Waals surface area contributed by atoms with Crippen LogP contribution in [0.3, 0.4) is 0 Å². The van der Waals surface area contributed by atoms with Gasteiger partial charge in [0, 0.05) is 24.5 Å². The van der Waals surface area contributed by atoms with Crippen LogP contribution in [0, 0.1) is 6.92 Å². The molecule has 0 spiro atoms. The molecule has 3 rings (SSSR count). The van der Waals surface area contributed by atoms with Crippen LogP contribution in [0.2, 0.25) is 0 Å². The Kier molecular flexibility index (Phi) is 2.15. The molecule has 3 aromatic heterocycles. The van der Waals surface area contributed by atoms with E-state index in [9.17, 15) is 0 Å². The normalized spacial score (nSPS) is 11.2. The van der Waals surface area contributed by atoms with E-state index < -0.39 is 0 Å². The average Bonchev–Trinajstić information content (AvgIpc) is 2.86. The number of aromatic nitrogens is 5. The van der Waals surface area contributed by atoms with E-state index in [0.717, 1.165) is 22.8 Å². The van der Waals surface area contributed by atoms with E-state index in [-0.39, 0.29) is 0 Å². The van der Waals surface area contributed by atoms with Gasteiger partial charge in [0.15, 0.2) is 5.82 Å². The first-order valence-electron chi connectivity index (χ1n) is 5.34. The van der Waals surface area contributed by atoms with E-state index in [4.69, 9.17) is 5.73 Å². The van der Waals surface area contributed by atoms with Crippen molar-refractivity contribution in [2.24, 2.45) is 5.73 Å². The van der Waals surface area contributed by atoms with Crippen LogP contribution in [-0.2, 0) is 6.54 Å². The van der Waals surface area contributed by atoms with Gasteiger partial charge in [-0.1, -0.05) is 0 Å². The standard InChI is InChI=1S/C11H12N6/c1-7-9(5-12)17-11(14-7)15-10(16-17)8-3-2-4-13-6-8/h2-4,6H,5,12H2,1H3,(H,14,15,16). The van der Waals surface area contributed by atoms with Gasteiger partial charge in [-0.2, -0.15) is 4.98 Å². The minimum absolute atomic E-state index is 0.432. The predicted molar refractivity (Wildman–Crippen MR) is 63.2 cm³/mol. The maximum absolute atomic E-state index is 5.69. The third kappa shape index (κ3) is 1.50. The number of hydrogen-bond donors (Lipinski definition) is 2. The first-order valence-corrected chi connectivity index (χ1v) is 5.34. The van der Waals surface area contributed by atoms with Crippen molar-refractivity contribution in [3.05, 3.63) is 35.9 Å². The fraction of sp³-hybridized carbons (Fsp3) is 0.182. The van der Waals surface area contributed by atoms with Gasteiger partial charge in [-0.25, -0.2) is 9.50 Å². The molecular formula is C11H12N6. The molecule has 0 saturated carbocycles. The molecule has 0 fully saturated rings. The number of imidazole rings is 1. The van der Waals surface area contributed by atoms with Crippen LogP contribution in [0.15, 0.2) is 24.5 Å². The lowest BCUT2D eigenvalue weighted by Gasteiger charge is -1.96. The Balaban J connectivity index is 2.18. The smallest absolute Gasteiger partial charge is 0.251 e. The van der Waals surface area contributed by atoms with Crippen LogP contribution in [0.5, 0.6) is 0 Å². The molecule has 6 heteroatoms. The van der Waals surface area contributed by atoms with E-state index in [0.29, 0.717) is 12.3 Å². The molecule has 6 nitrogen and oxygen atoms in total. The Bertz CT molecular complexity index is 651. The van der Waals surface area contributed by atoms with Gasteiger partial charge in [0.05, 0.1) is 11.4 Å². The van der Waals surface area contributed by atoms with Crippen LogP contribution >= 0.6 is 0 Å². The fourth-order valence-electron chi connectivity index (χ4n) is 1.84. The number of fused-ring (bicyclic) bond motifs is 1. The van der Waals surface area contributed by atoms with Gasteiger partial charge >= 0.3 is 0 Å². The number of nitrogens with zero attached hydrogens (tertiary/aromatic N) is 4. The van der Waals surface area contributed by atoms with Gasteiger partial charge in [-0.3, -0.25) is 10.1 Å². The molecule has 0 saturated heterocycles. The quantitative estimate of drug-likeness (QED) is 0.682. The van der Waals surface area contributed by atoms with Crippen LogP contribution in [-0.4, -0.2) is 24.6 Å². The summed E-state index contributed by atoms with van der Waals surface area (Å²) < 4.78 is 1.82. The van der Waals surface area contributed by atoms with Crippen molar-refractivity contribution in [3.63, 3.8) is 0 Å². The van der Waals surface area contributed by atoms with Crippen LogP contribution in [0.1, 0.15) is 11.4 Å². The number of nitrogens with two attached hydrogens (primary N) is 1. The highest BCUT2D eigenvalue weighted by Crippen LogP contribution is 2.16. The van der Waals surface area contributed by atoms with Crippen LogP contribution in [0.25, 0.3) is 17.2 Å². The van der Waals surface area contributed by atoms with Crippen molar-refractivity contribution in [2.45, 2.75) is 13.5 Å². The fourth-order valence-corrected chi connectivity index (χ4v) is 1.84. The predicted octanol–water partition coefficient (Wildman–Crippen LogP) is 0.887. The summed E-state index contributed by atoms with van der Waals surface area (Å²) in [6.45, 7) is 2.36. The maximum Gasteiger partial charge on any atom is 0.251 e. The minimum atomic E-state index is 0.432. The first kappa shape index (κ1) is 9.98. The van der Waals surface area contributed by atoms with Gasteiger partial charge in [0.2, 0.25) is 0 Å². The topological polar surface area (TPSA) is 84.9 Å². The van der Waals surface area contributed by atoms with E-state index in [1.165, 1.54) is 0 Å². The number of hydrogen-bond acceptors (Lipinski definition) is 4. The first-order chi connectivity index (χ1) is 8.29. The molecule has 0 unspecified atom stereocenters. The SMILES string of the molecule is Cc1nc2nc(-c3cccnc3)[nH]n2c1CN. The Hall–Kier alpha value is -2.21. The highest BCUT2D eigenvalue weighted by molar-refractivity contribution is 5.55. The number of nitrogens with one attached hydrogen (secondary N) is 1. The lowest BCUT2D eigenvalue weighted by Crippen LogP contribution is -2.03. The van der Waals surface area contributed by atoms with E-state index >= 15 is 0 Å². The van der Waals surface area contributed by atoms with Crippen LogP contribution in [0.4, 0.5) is 0 Å². The zero-order valence-corrected chi connectivity index (χ0v) is 9.38. The molecule has 3 aromatic rings. The summed E-state index contributed by atoms with van der Waals surface area (Å²) in [5.41, 5.74) is 8.47. The molecule has 86 valence electrons. The van der Waals surface area contributed by atoms with Gasteiger partial charge in [-0.05, 0) is 19.1 Å². The molecule has 0 aromatic carbocycles. The average molecular weight is 228 g/mol. The van der Waals surface area contributed by atoms with Crippen molar-refractivity contribution < 1.29 is 0 Å². The minimum Gasteiger partial charge on any atom is -0.325 e. The molecule has 0 radical (unpaired) electrons. The largest absolute Gasteiger partial charge is 0.325 e. The van der Waals surface area contributed by atoms with E-state index in [1.807, 2.05) is 23.6 Å². The Morgan fingerprint density at radius 2 is 2.29 bits per heavy atom. The second kappa shape index (κ2) is 3.67. The summed E-state index contributed by atoms with van der Waals surface area (Å²) in [7, 11) is 0. The van der Waals surface area contributed by atoms with Gasteiger partial charge in [0.1, 0.15) is 0 Å². The van der Waals surface area contributed by atoms with E-state index in [2.05, 4.69) is 20.1 Å². The molecule has 0 amide bonds. The zero-order chi connectivity index (χ0) is 11.8. The van der Waals surface area contributed by atoms with Crippen molar-refractivity contribution in [1.82, 2.24) is 24.6 Å². The second-order valence-electron chi connectivity index (χ2n) is 3.80. The second-order valence-corrected chi connectivity index (χ2v) is 3.80. The van der Waals surface area contributed by atoms with Crippen molar-refractivity contribution in [1.29, 1.82) is 0 Å². The number of pyridine rings is 1. The van der Waals surface area contributed by atoms with Crippen LogP contribution < -0.4 is 5.73 Å². The molecule has 0 aliphatic heterocycles. The highest BCUT2D eigenvalue weighted by Gasteiger charge is 2.12. The summed E-state index contributed by atoms with van der Waals surface area (Å²) in [5.74, 6) is 1.39. The highest BCUT2D eigenvalue weighted by atomic mass is 15.3. The number of aromatic amines is 1. The van der Waals surface area contributed by atoms with Gasteiger partial charge in [-0.15, -0.1) is 0 Å². The van der Waals surface area contributed by atoms with Crippen molar-refractivity contribution >= 4 is 5.78 Å². The van der Waals surface area contributed by atoms with Gasteiger partial charge < -0.3 is 5.73 Å².